The molecule has 5 nitrogen and oxygen atoms in total. The topological polar surface area (TPSA) is 66.5 Å². The highest BCUT2D eigenvalue weighted by molar-refractivity contribution is 7.89. The number of alkyl halides is 3. The first-order valence-corrected chi connectivity index (χ1v) is 10.7. The summed E-state index contributed by atoms with van der Waals surface area (Å²) in [5.41, 5.74) is 0.529. The molecule has 9 heteroatoms. The quantitative estimate of drug-likeness (QED) is 0.746. The molecule has 0 spiro atoms. The molecule has 1 amide bonds. The maximum absolute atomic E-state index is 12.6. The van der Waals surface area contributed by atoms with Gasteiger partial charge in [-0.15, -0.1) is 0 Å². The van der Waals surface area contributed by atoms with Crippen molar-refractivity contribution in [2.45, 2.75) is 30.3 Å². The van der Waals surface area contributed by atoms with E-state index in [0.717, 1.165) is 42.8 Å². The molecular formula is C21H19F3N2O3S. The zero-order valence-electron chi connectivity index (χ0n) is 15.9. The van der Waals surface area contributed by atoms with Gasteiger partial charge in [-0.1, -0.05) is 11.8 Å². The van der Waals surface area contributed by atoms with E-state index < -0.39 is 21.8 Å². The standard InChI is InChI=1S/C21H19F3N2O3S/c22-21(23,24)17-8-12-19(13-9-17)30(28,29)25-14-3-4-16-6-10-18(11-7-16)26-15-2-1-5-20(26)27/h6-13,25H,1-2,5,14-15H2. The van der Waals surface area contributed by atoms with Crippen molar-refractivity contribution in [1.29, 1.82) is 0 Å². The van der Waals surface area contributed by atoms with Gasteiger partial charge in [0.15, 0.2) is 0 Å². The number of carbonyl (C=O) groups excluding carboxylic acids is 1. The van der Waals surface area contributed by atoms with E-state index in [-0.39, 0.29) is 17.3 Å². The van der Waals surface area contributed by atoms with Crippen LogP contribution in [-0.4, -0.2) is 27.4 Å². The SMILES string of the molecule is O=C1CCCCN1c1ccc(C#CCNS(=O)(=O)c2ccc(C(F)(F)F)cc2)cc1. The first-order valence-electron chi connectivity index (χ1n) is 9.23. The van der Waals surface area contributed by atoms with E-state index in [1.54, 1.807) is 29.2 Å². The first kappa shape index (κ1) is 21.9. The Morgan fingerprint density at radius 2 is 1.67 bits per heavy atom. The predicted octanol–water partition coefficient (Wildman–Crippen LogP) is 3.55. The molecular weight excluding hydrogens is 417 g/mol. The average molecular weight is 436 g/mol. The lowest BCUT2D eigenvalue weighted by Gasteiger charge is -2.26. The number of nitrogens with zero attached hydrogens (tertiary/aromatic N) is 1. The van der Waals surface area contributed by atoms with Crippen molar-refractivity contribution in [3.8, 4) is 11.8 Å². The van der Waals surface area contributed by atoms with E-state index in [4.69, 9.17) is 0 Å². The monoisotopic (exact) mass is 436 g/mol. The Bertz CT molecular complexity index is 1070. The molecule has 1 aliphatic heterocycles. The number of benzene rings is 2. The number of amides is 1. The van der Waals surface area contributed by atoms with Crippen LogP contribution in [0.5, 0.6) is 0 Å². The van der Waals surface area contributed by atoms with Crippen LogP contribution in [0.2, 0.25) is 0 Å². The second-order valence-electron chi connectivity index (χ2n) is 6.70. The van der Waals surface area contributed by atoms with Crippen molar-refractivity contribution >= 4 is 21.6 Å². The molecule has 0 aliphatic carbocycles. The van der Waals surface area contributed by atoms with E-state index in [2.05, 4.69) is 16.6 Å². The van der Waals surface area contributed by atoms with Crippen LogP contribution in [0.3, 0.4) is 0 Å². The van der Waals surface area contributed by atoms with Crippen LogP contribution in [0.1, 0.15) is 30.4 Å². The molecule has 1 fully saturated rings. The van der Waals surface area contributed by atoms with E-state index in [1.807, 2.05) is 0 Å². The van der Waals surface area contributed by atoms with Crippen LogP contribution in [0, 0.1) is 11.8 Å². The fourth-order valence-electron chi connectivity index (χ4n) is 2.99. The summed E-state index contributed by atoms with van der Waals surface area (Å²) in [4.78, 5) is 13.4. The number of sulfonamides is 1. The van der Waals surface area contributed by atoms with Gasteiger partial charge in [0.2, 0.25) is 15.9 Å². The fraction of sp³-hybridized carbons (Fsp3) is 0.286. The summed E-state index contributed by atoms with van der Waals surface area (Å²) < 4.78 is 64.3. The van der Waals surface area contributed by atoms with Gasteiger partial charge < -0.3 is 4.90 Å². The minimum atomic E-state index is -4.53. The summed E-state index contributed by atoms with van der Waals surface area (Å²) in [5.74, 6) is 5.58. The lowest BCUT2D eigenvalue weighted by molar-refractivity contribution is -0.137. The van der Waals surface area contributed by atoms with E-state index >= 15 is 0 Å². The molecule has 2 aromatic rings. The average Bonchev–Trinajstić information content (AvgIpc) is 2.72. The first-order chi connectivity index (χ1) is 14.2. The molecule has 1 saturated heterocycles. The highest BCUT2D eigenvalue weighted by atomic mass is 32.2. The minimum absolute atomic E-state index is 0.0951. The molecule has 0 radical (unpaired) electrons. The Morgan fingerprint density at radius 3 is 2.27 bits per heavy atom. The summed E-state index contributed by atoms with van der Waals surface area (Å²) in [5, 5.41) is 0. The summed E-state index contributed by atoms with van der Waals surface area (Å²) in [6.45, 7) is 0.491. The van der Waals surface area contributed by atoms with Crippen molar-refractivity contribution in [3.63, 3.8) is 0 Å². The van der Waals surface area contributed by atoms with E-state index in [1.165, 1.54) is 0 Å². The van der Waals surface area contributed by atoms with Gasteiger partial charge in [0.1, 0.15) is 0 Å². The number of piperidine rings is 1. The Morgan fingerprint density at radius 1 is 1.00 bits per heavy atom. The number of nitrogens with one attached hydrogen (secondary N) is 1. The summed E-state index contributed by atoms with van der Waals surface area (Å²) in [6, 6.07) is 10.3. The van der Waals surface area contributed by atoms with Crippen molar-refractivity contribution in [1.82, 2.24) is 4.72 Å². The van der Waals surface area contributed by atoms with Crippen molar-refractivity contribution in [2.24, 2.45) is 0 Å². The lowest BCUT2D eigenvalue weighted by Crippen LogP contribution is -2.35. The second-order valence-corrected chi connectivity index (χ2v) is 8.46. The molecule has 30 heavy (non-hydrogen) atoms. The van der Waals surface area contributed by atoms with Gasteiger partial charge in [-0.3, -0.25) is 4.79 Å². The molecule has 1 heterocycles. The molecule has 0 atom stereocenters. The lowest BCUT2D eigenvalue weighted by atomic mass is 10.1. The number of carbonyl (C=O) groups is 1. The Kier molecular flexibility index (Phi) is 6.48. The van der Waals surface area contributed by atoms with Gasteiger partial charge in [0, 0.05) is 24.2 Å². The molecule has 0 saturated carbocycles. The second kappa shape index (κ2) is 8.90. The molecule has 0 unspecified atom stereocenters. The number of hydrogen-bond acceptors (Lipinski definition) is 3. The van der Waals surface area contributed by atoms with Gasteiger partial charge in [-0.25, -0.2) is 8.42 Å². The maximum Gasteiger partial charge on any atom is 0.416 e. The molecule has 3 rings (SSSR count). The third-order valence-electron chi connectivity index (χ3n) is 4.58. The normalized spacial score (nSPS) is 14.9. The van der Waals surface area contributed by atoms with Crippen molar-refractivity contribution in [3.05, 3.63) is 59.7 Å². The molecule has 2 aromatic carbocycles. The fourth-order valence-corrected chi connectivity index (χ4v) is 3.91. The summed E-state index contributed by atoms with van der Waals surface area (Å²) >= 11 is 0. The number of rotatable bonds is 4. The van der Waals surface area contributed by atoms with Gasteiger partial charge in [0.05, 0.1) is 17.0 Å². The van der Waals surface area contributed by atoms with Gasteiger partial charge in [0.25, 0.3) is 0 Å². The minimum Gasteiger partial charge on any atom is -0.312 e. The van der Waals surface area contributed by atoms with E-state index in [0.29, 0.717) is 18.5 Å². The molecule has 0 bridgehead atoms. The third kappa shape index (κ3) is 5.40. The molecule has 0 aromatic heterocycles. The van der Waals surface area contributed by atoms with Gasteiger partial charge in [-0.05, 0) is 61.4 Å². The van der Waals surface area contributed by atoms with E-state index in [9.17, 15) is 26.4 Å². The van der Waals surface area contributed by atoms with Crippen LogP contribution in [-0.2, 0) is 21.0 Å². The number of halogens is 3. The molecule has 1 aliphatic rings. The van der Waals surface area contributed by atoms with Crippen molar-refractivity contribution in [2.75, 3.05) is 18.0 Å². The highest BCUT2D eigenvalue weighted by Gasteiger charge is 2.30. The molecule has 158 valence electrons. The zero-order valence-corrected chi connectivity index (χ0v) is 16.7. The third-order valence-corrected chi connectivity index (χ3v) is 5.99. The Hall–Kier alpha value is -2.83. The maximum atomic E-state index is 12.6. The number of hydrogen-bond donors (Lipinski definition) is 1. The Balaban J connectivity index is 1.59. The summed E-state index contributed by atoms with van der Waals surface area (Å²) in [6.07, 6.45) is -2.12. The van der Waals surface area contributed by atoms with Crippen LogP contribution in [0.25, 0.3) is 0 Å². The van der Waals surface area contributed by atoms with Gasteiger partial charge >= 0.3 is 6.18 Å². The number of anilines is 1. The zero-order chi connectivity index (χ0) is 21.8. The summed E-state index contributed by atoms with van der Waals surface area (Å²) in [7, 11) is -3.97. The largest absolute Gasteiger partial charge is 0.416 e. The highest BCUT2D eigenvalue weighted by Crippen LogP contribution is 2.29. The van der Waals surface area contributed by atoms with Crippen LogP contribution >= 0.6 is 0 Å². The van der Waals surface area contributed by atoms with Crippen LogP contribution in [0.4, 0.5) is 18.9 Å². The smallest absolute Gasteiger partial charge is 0.312 e. The van der Waals surface area contributed by atoms with Crippen LogP contribution < -0.4 is 9.62 Å². The van der Waals surface area contributed by atoms with Crippen molar-refractivity contribution < 1.29 is 26.4 Å². The Labute approximate surface area is 172 Å². The predicted molar refractivity (Wildman–Crippen MR) is 106 cm³/mol. The van der Waals surface area contributed by atoms with Crippen LogP contribution in [0.15, 0.2) is 53.4 Å². The van der Waals surface area contributed by atoms with Gasteiger partial charge in [-0.2, -0.15) is 17.9 Å². The molecule has 1 N–H and O–H groups in total.